The molecule has 0 aliphatic heterocycles. The Hall–Kier alpha value is -2.11. The van der Waals surface area contributed by atoms with Crippen LogP contribution in [0.5, 0.6) is 0 Å². The van der Waals surface area contributed by atoms with Crippen molar-refractivity contribution in [2.75, 3.05) is 11.9 Å². The van der Waals surface area contributed by atoms with Crippen molar-refractivity contribution in [3.05, 3.63) is 35.7 Å². The van der Waals surface area contributed by atoms with Crippen LogP contribution in [0.25, 0.3) is 11.5 Å². The molecule has 0 saturated carbocycles. The lowest BCUT2D eigenvalue weighted by Gasteiger charge is -2.09. The number of aryl methyl sites for hydroxylation is 1. The third-order valence-electron chi connectivity index (χ3n) is 2.52. The number of pyridine rings is 1. The minimum absolute atomic E-state index is 0.149. The van der Waals surface area contributed by atoms with Crippen molar-refractivity contribution in [2.45, 2.75) is 20.3 Å². The lowest BCUT2D eigenvalue weighted by atomic mass is 10.3. The molecule has 2 aromatic heterocycles. The largest absolute Gasteiger partial charge is 0.368 e. The quantitative estimate of drug-likeness (QED) is 0.922. The second-order valence-electron chi connectivity index (χ2n) is 4.08. The number of rotatable bonds is 4. The van der Waals surface area contributed by atoms with E-state index in [9.17, 15) is 8.78 Å². The van der Waals surface area contributed by atoms with Crippen LogP contribution in [0, 0.1) is 18.6 Å². The van der Waals surface area contributed by atoms with Crippen molar-refractivity contribution in [3.8, 4) is 11.5 Å². The van der Waals surface area contributed by atoms with E-state index in [0.717, 1.165) is 12.6 Å². The Morgan fingerprint density at radius 3 is 2.63 bits per heavy atom. The Morgan fingerprint density at radius 1 is 1.21 bits per heavy atom. The lowest BCUT2D eigenvalue weighted by Crippen LogP contribution is -2.08. The van der Waals surface area contributed by atoms with Crippen molar-refractivity contribution >= 4 is 5.82 Å². The van der Waals surface area contributed by atoms with E-state index in [2.05, 4.69) is 20.3 Å². The van der Waals surface area contributed by atoms with Gasteiger partial charge in [0.25, 0.3) is 0 Å². The Labute approximate surface area is 109 Å². The standard InChI is InChI=1S/C13H14F2N4/c1-3-6-16-13-11(15)8(2)18-12(19-13)10-5-4-9(14)7-17-10/h4-5,7H,3,6H2,1-2H3,(H,16,18,19). The maximum Gasteiger partial charge on any atom is 0.186 e. The molecule has 0 aromatic carbocycles. The molecule has 2 heterocycles. The molecule has 0 amide bonds. The van der Waals surface area contributed by atoms with Gasteiger partial charge in [-0.2, -0.15) is 0 Å². The average Bonchev–Trinajstić information content (AvgIpc) is 2.41. The van der Waals surface area contributed by atoms with Gasteiger partial charge in [0.1, 0.15) is 11.5 Å². The van der Waals surface area contributed by atoms with Gasteiger partial charge >= 0.3 is 0 Å². The SMILES string of the molecule is CCCNc1nc(-c2ccc(F)cn2)nc(C)c1F. The van der Waals surface area contributed by atoms with E-state index >= 15 is 0 Å². The maximum atomic E-state index is 13.8. The van der Waals surface area contributed by atoms with E-state index in [0.29, 0.717) is 12.2 Å². The van der Waals surface area contributed by atoms with Crippen LogP contribution >= 0.6 is 0 Å². The smallest absolute Gasteiger partial charge is 0.186 e. The summed E-state index contributed by atoms with van der Waals surface area (Å²) in [5, 5.41) is 2.90. The normalized spacial score (nSPS) is 10.5. The summed E-state index contributed by atoms with van der Waals surface area (Å²) in [6, 6.07) is 2.73. The molecule has 0 unspecified atom stereocenters. The van der Waals surface area contributed by atoms with Crippen LogP contribution in [-0.4, -0.2) is 21.5 Å². The number of nitrogens with one attached hydrogen (secondary N) is 1. The highest BCUT2D eigenvalue weighted by molar-refractivity contribution is 5.53. The molecular formula is C13H14F2N4. The third kappa shape index (κ3) is 3.01. The predicted molar refractivity (Wildman–Crippen MR) is 68.7 cm³/mol. The Morgan fingerprint density at radius 2 is 2.00 bits per heavy atom. The van der Waals surface area contributed by atoms with Gasteiger partial charge in [-0.15, -0.1) is 0 Å². The van der Waals surface area contributed by atoms with E-state index in [4.69, 9.17) is 0 Å². The van der Waals surface area contributed by atoms with Gasteiger partial charge in [-0.3, -0.25) is 0 Å². The van der Waals surface area contributed by atoms with Gasteiger partial charge in [0.15, 0.2) is 17.5 Å². The summed E-state index contributed by atoms with van der Waals surface area (Å²) < 4.78 is 26.6. The topological polar surface area (TPSA) is 50.7 Å². The zero-order valence-electron chi connectivity index (χ0n) is 10.7. The lowest BCUT2D eigenvalue weighted by molar-refractivity contribution is 0.605. The van der Waals surface area contributed by atoms with Gasteiger partial charge in [-0.05, 0) is 25.5 Å². The molecule has 6 heteroatoms. The van der Waals surface area contributed by atoms with Crippen LogP contribution in [0.4, 0.5) is 14.6 Å². The molecule has 100 valence electrons. The van der Waals surface area contributed by atoms with Crippen LogP contribution in [0.1, 0.15) is 19.0 Å². The predicted octanol–water partition coefficient (Wildman–Crippen LogP) is 2.95. The number of nitrogens with zero attached hydrogens (tertiary/aromatic N) is 3. The summed E-state index contributed by atoms with van der Waals surface area (Å²) in [6.45, 7) is 4.15. The molecule has 4 nitrogen and oxygen atoms in total. The Kier molecular flexibility index (Phi) is 3.99. The highest BCUT2D eigenvalue weighted by atomic mass is 19.1. The van der Waals surface area contributed by atoms with Gasteiger partial charge in [-0.25, -0.2) is 23.7 Å². The summed E-state index contributed by atoms with van der Waals surface area (Å²) in [5.74, 6) is -0.487. The first-order valence-corrected chi connectivity index (χ1v) is 6.01. The van der Waals surface area contributed by atoms with Gasteiger partial charge in [-0.1, -0.05) is 6.92 Å². The summed E-state index contributed by atoms with van der Waals surface area (Å²) in [7, 11) is 0. The second kappa shape index (κ2) is 5.69. The summed E-state index contributed by atoms with van der Waals surface area (Å²) in [5.41, 5.74) is 0.638. The van der Waals surface area contributed by atoms with Gasteiger partial charge in [0.05, 0.1) is 11.9 Å². The van der Waals surface area contributed by atoms with E-state index < -0.39 is 11.6 Å². The van der Waals surface area contributed by atoms with Gasteiger partial charge in [0, 0.05) is 6.54 Å². The third-order valence-corrected chi connectivity index (χ3v) is 2.52. The summed E-state index contributed by atoms with van der Waals surface area (Å²) in [4.78, 5) is 12.0. The molecule has 0 aliphatic carbocycles. The molecule has 1 N–H and O–H groups in total. The molecular weight excluding hydrogens is 250 g/mol. The Bertz CT molecular complexity index is 570. The molecule has 2 rings (SSSR count). The molecule has 2 aromatic rings. The van der Waals surface area contributed by atoms with Crippen LogP contribution in [0.2, 0.25) is 0 Å². The molecule has 0 atom stereocenters. The van der Waals surface area contributed by atoms with Crippen LogP contribution < -0.4 is 5.32 Å². The first kappa shape index (κ1) is 13.3. The van der Waals surface area contributed by atoms with E-state index in [1.54, 1.807) is 6.92 Å². The summed E-state index contributed by atoms with van der Waals surface area (Å²) in [6.07, 6.45) is 1.93. The van der Waals surface area contributed by atoms with Crippen molar-refractivity contribution in [3.63, 3.8) is 0 Å². The molecule has 0 saturated heterocycles. The Balaban J connectivity index is 2.40. The van der Waals surface area contributed by atoms with Gasteiger partial charge in [0.2, 0.25) is 0 Å². The van der Waals surface area contributed by atoms with Crippen molar-refractivity contribution in [1.29, 1.82) is 0 Å². The van der Waals surface area contributed by atoms with Crippen LogP contribution in [0.3, 0.4) is 0 Å². The van der Waals surface area contributed by atoms with E-state index in [1.807, 2.05) is 6.92 Å². The summed E-state index contributed by atoms with van der Waals surface area (Å²) >= 11 is 0. The highest BCUT2D eigenvalue weighted by Crippen LogP contribution is 2.19. The first-order chi connectivity index (χ1) is 9.11. The van der Waals surface area contributed by atoms with Crippen LogP contribution in [-0.2, 0) is 0 Å². The molecule has 0 spiro atoms. The minimum Gasteiger partial charge on any atom is -0.368 e. The monoisotopic (exact) mass is 264 g/mol. The maximum absolute atomic E-state index is 13.8. The van der Waals surface area contributed by atoms with Gasteiger partial charge < -0.3 is 5.32 Å². The minimum atomic E-state index is -0.473. The molecule has 19 heavy (non-hydrogen) atoms. The number of halogens is 2. The van der Waals surface area contributed by atoms with Crippen molar-refractivity contribution in [2.24, 2.45) is 0 Å². The average molecular weight is 264 g/mol. The van der Waals surface area contributed by atoms with Crippen molar-refractivity contribution < 1.29 is 8.78 Å². The number of hydrogen-bond acceptors (Lipinski definition) is 4. The number of anilines is 1. The fourth-order valence-electron chi connectivity index (χ4n) is 1.54. The van der Waals surface area contributed by atoms with E-state index in [1.165, 1.54) is 12.1 Å². The zero-order valence-corrected chi connectivity index (χ0v) is 10.7. The molecule has 0 aliphatic rings. The molecule has 0 bridgehead atoms. The molecule has 0 radical (unpaired) electrons. The van der Waals surface area contributed by atoms with Crippen molar-refractivity contribution in [1.82, 2.24) is 15.0 Å². The highest BCUT2D eigenvalue weighted by Gasteiger charge is 2.13. The fraction of sp³-hybridized carbons (Fsp3) is 0.308. The second-order valence-corrected chi connectivity index (χ2v) is 4.08. The number of aromatic nitrogens is 3. The first-order valence-electron chi connectivity index (χ1n) is 6.01. The van der Waals surface area contributed by atoms with Crippen LogP contribution in [0.15, 0.2) is 18.3 Å². The fourth-order valence-corrected chi connectivity index (χ4v) is 1.54. The zero-order chi connectivity index (χ0) is 13.8. The van der Waals surface area contributed by atoms with E-state index in [-0.39, 0.29) is 17.3 Å². The number of hydrogen-bond donors (Lipinski definition) is 1. The molecule has 0 fully saturated rings.